The van der Waals surface area contributed by atoms with Crippen LogP contribution in [0.15, 0.2) is 47.6 Å². The largest absolute Gasteiger partial charge is 0.331 e. The van der Waals surface area contributed by atoms with Crippen molar-refractivity contribution >= 4 is 8.60 Å². The Labute approximate surface area is 211 Å². The molecule has 0 aromatic heterocycles. The molecule has 34 heavy (non-hydrogen) atoms. The van der Waals surface area contributed by atoms with Gasteiger partial charge in [-0.2, -0.15) is 0 Å². The smallest absolute Gasteiger partial charge is 0.328 e. The molecule has 0 amide bonds. The van der Waals surface area contributed by atoms with Gasteiger partial charge in [-0.05, 0) is 32.8 Å². The highest BCUT2D eigenvalue weighted by molar-refractivity contribution is 7.40. The molecule has 2 rings (SSSR count). The summed E-state index contributed by atoms with van der Waals surface area (Å²) in [6, 6.07) is 0. The Balaban J connectivity index is 2.29. The summed E-state index contributed by atoms with van der Waals surface area (Å²) in [5.41, 5.74) is 2.17. The average molecular weight is 491 g/mol. The molecule has 2 aliphatic rings. The van der Waals surface area contributed by atoms with Crippen molar-refractivity contribution < 1.29 is 13.9 Å². The molecule has 2 aliphatic carbocycles. The standard InChI is InChI=1S/C30H51O3P/c1-25(2,3)21-19-29(13,27(7,8)9)17-15-23(21)32-34(31)33-24-16-18-30(14,28(10,11)12)20-22(24)26(4,5)6/h15-20,23-24,31H,1-14H3. The zero-order valence-electron chi connectivity index (χ0n) is 24.3. The summed E-state index contributed by atoms with van der Waals surface area (Å²) in [6.45, 7) is 31.3. The van der Waals surface area contributed by atoms with Crippen LogP contribution in [0, 0.1) is 32.5 Å². The van der Waals surface area contributed by atoms with Crippen molar-refractivity contribution in [2.24, 2.45) is 32.5 Å². The van der Waals surface area contributed by atoms with Crippen LogP contribution in [0.25, 0.3) is 0 Å². The van der Waals surface area contributed by atoms with Crippen LogP contribution in [0.4, 0.5) is 0 Å². The van der Waals surface area contributed by atoms with E-state index in [1.807, 2.05) is 0 Å². The predicted octanol–water partition coefficient (Wildman–Crippen LogP) is 9.17. The van der Waals surface area contributed by atoms with Crippen LogP contribution in [0.5, 0.6) is 0 Å². The van der Waals surface area contributed by atoms with Crippen LogP contribution in [0.2, 0.25) is 0 Å². The van der Waals surface area contributed by atoms with Crippen molar-refractivity contribution in [2.45, 2.75) is 109 Å². The second kappa shape index (κ2) is 9.29. The first-order valence-corrected chi connectivity index (χ1v) is 13.8. The van der Waals surface area contributed by atoms with Crippen LogP contribution in [-0.2, 0) is 9.05 Å². The van der Waals surface area contributed by atoms with Crippen molar-refractivity contribution in [1.29, 1.82) is 0 Å². The third-order valence-electron chi connectivity index (χ3n) is 8.13. The molecule has 0 fully saturated rings. The molecule has 1 N–H and O–H groups in total. The Morgan fingerprint density at radius 2 is 0.941 bits per heavy atom. The summed E-state index contributed by atoms with van der Waals surface area (Å²) in [6.07, 6.45) is 12.7. The molecule has 0 radical (unpaired) electrons. The molecular formula is C30H51O3P. The van der Waals surface area contributed by atoms with Gasteiger partial charge in [0.2, 0.25) is 0 Å². The van der Waals surface area contributed by atoms with Gasteiger partial charge in [0.15, 0.2) is 0 Å². The maximum atomic E-state index is 11.0. The molecule has 4 heteroatoms. The van der Waals surface area contributed by atoms with Gasteiger partial charge in [-0.1, -0.05) is 133 Å². The predicted molar refractivity (Wildman–Crippen MR) is 147 cm³/mol. The zero-order chi connectivity index (χ0) is 26.5. The van der Waals surface area contributed by atoms with E-state index in [-0.39, 0.29) is 44.7 Å². The van der Waals surface area contributed by atoms with E-state index >= 15 is 0 Å². The van der Waals surface area contributed by atoms with Gasteiger partial charge in [0.05, 0.1) is 0 Å². The van der Waals surface area contributed by atoms with Gasteiger partial charge in [0, 0.05) is 10.8 Å². The van der Waals surface area contributed by atoms with Gasteiger partial charge in [-0.15, -0.1) is 0 Å². The molecule has 0 saturated heterocycles. The molecule has 0 aliphatic heterocycles. The molecule has 0 aromatic carbocycles. The highest BCUT2D eigenvalue weighted by Crippen LogP contribution is 2.52. The monoisotopic (exact) mass is 490 g/mol. The number of rotatable bonds is 4. The Morgan fingerprint density at radius 3 is 1.18 bits per heavy atom. The third-order valence-corrected chi connectivity index (χ3v) is 8.94. The summed E-state index contributed by atoms with van der Waals surface area (Å²) < 4.78 is 12.4. The lowest BCUT2D eigenvalue weighted by Gasteiger charge is -2.44. The number of allylic oxidation sites excluding steroid dienone is 4. The molecule has 0 spiro atoms. The first-order valence-electron chi connectivity index (χ1n) is 12.7. The summed E-state index contributed by atoms with van der Waals surface area (Å²) in [7, 11) is -2.08. The molecule has 0 heterocycles. The van der Waals surface area contributed by atoms with E-state index in [0.717, 1.165) is 0 Å². The van der Waals surface area contributed by atoms with Gasteiger partial charge in [0.25, 0.3) is 0 Å². The van der Waals surface area contributed by atoms with Crippen LogP contribution in [-0.4, -0.2) is 17.1 Å². The summed E-state index contributed by atoms with van der Waals surface area (Å²) in [4.78, 5) is 11.0. The van der Waals surface area contributed by atoms with Crippen molar-refractivity contribution in [1.82, 2.24) is 0 Å². The minimum absolute atomic E-state index is 0.0738. The van der Waals surface area contributed by atoms with E-state index in [9.17, 15) is 4.89 Å². The quantitative estimate of drug-likeness (QED) is 0.315. The minimum Gasteiger partial charge on any atom is -0.328 e. The Hall–Kier alpha value is -0.730. The fourth-order valence-electron chi connectivity index (χ4n) is 4.31. The van der Waals surface area contributed by atoms with E-state index < -0.39 is 8.60 Å². The minimum atomic E-state index is -2.08. The van der Waals surface area contributed by atoms with E-state index in [0.29, 0.717) is 0 Å². The third kappa shape index (κ3) is 6.33. The lowest BCUT2D eigenvalue weighted by molar-refractivity contribution is 0.139. The molecule has 0 saturated carbocycles. The van der Waals surface area contributed by atoms with Gasteiger partial charge in [-0.25, -0.2) is 0 Å². The molecule has 194 valence electrons. The summed E-state index contributed by atoms with van der Waals surface area (Å²) >= 11 is 0. The van der Waals surface area contributed by atoms with E-state index in [1.54, 1.807) is 0 Å². The molecule has 4 atom stereocenters. The lowest BCUT2D eigenvalue weighted by Crippen LogP contribution is -2.36. The van der Waals surface area contributed by atoms with E-state index in [4.69, 9.17) is 9.05 Å². The summed E-state index contributed by atoms with van der Waals surface area (Å²) in [5, 5.41) is 0. The Kier molecular flexibility index (Phi) is 8.06. The van der Waals surface area contributed by atoms with Gasteiger partial charge in [0.1, 0.15) is 12.2 Å². The van der Waals surface area contributed by atoms with Crippen LogP contribution in [0.1, 0.15) is 96.9 Å². The number of hydrogen-bond donors (Lipinski definition) is 1. The van der Waals surface area contributed by atoms with Crippen molar-refractivity contribution in [3.63, 3.8) is 0 Å². The maximum Gasteiger partial charge on any atom is 0.331 e. The maximum absolute atomic E-state index is 11.0. The zero-order valence-corrected chi connectivity index (χ0v) is 25.2. The molecular weight excluding hydrogens is 439 g/mol. The molecule has 0 aromatic rings. The van der Waals surface area contributed by atoms with Crippen LogP contribution < -0.4 is 0 Å². The first kappa shape index (κ1) is 29.5. The lowest BCUT2D eigenvalue weighted by atomic mass is 9.63. The fourth-order valence-corrected chi connectivity index (χ4v) is 5.12. The second-order valence-corrected chi connectivity index (χ2v) is 15.7. The van der Waals surface area contributed by atoms with E-state index in [1.165, 1.54) is 11.1 Å². The highest BCUT2D eigenvalue weighted by atomic mass is 31.2. The van der Waals surface area contributed by atoms with Crippen molar-refractivity contribution in [3.05, 3.63) is 47.6 Å². The number of hydrogen-bond acceptors (Lipinski definition) is 3. The van der Waals surface area contributed by atoms with Crippen LogP contribution in [0.3, 0.4) is 0 Å². The fraction of sp³-hybridized carbons (Fsp3) is 0.733. The topological polar surface area (TPSA) is 38.7 Å². The molecule has 3 nitrogen and oxygen atoms in total. The Morgan fingerprint density at radius 1 is 0.647 bits per heavy atom. The van der Waals surface area contributed by atoms with Gasteiger partial charge >= 0.3 is 8.60 Å². The molecule has 0 bridgehead atoms. The summed E-state index contributed by atoms with van der Waals surface area (Å²) in [5.74, 6) is 0. The second-order valence-electron chi connectivity index (χ2n) is 14.8. The van der Waals surface area contributed by atoms with Gasteiger partial charge < -0.3 is 13.9 Å². The average Bonchev–Trinajstić information content (AvgIpc) is 2.61. The Bertz CT molecular complexity index is 795. The van der Waals surface area contributed by atoms with Crippen molar-refractivity contribution in [3.8, 4) is 0 Å². The van der Waals surface area contributed by atoms with E-state index in [2.05, 4.69) is 133 Å². The normalized spacial score (nSPS) is 31.9. The SMILES string of the molecule is CC(C)(C)C1=CC(C)(C(C)(C)C)C=CC1OP(O)OC1C=CC(C)(C(C)(C)C)C=C1C(C)(C)C. The van der Waals surface area contributed by atoms with Crippen LogP contribution >= 0.6 is 8.60 Å². The highest BCUT2D eigenvalue weighted by Gasteiger charge is 2.42. The van der Waals surface area contributed by atoms with Gasteiger partial charge in [-0.3, -0.25) is 0 Å². The van der Waals surface area contributed by atoms with Crippen molar-refractivity contribution in [2.75, 3.05) is 0 Å². The first-order chi connectivity index (χ1) is 15.0. The molecule has 4 unspecified atom stereocenters.